The molecule has 7 nitrogen and oxygen atoms in total. The van der Waals surface area contributed by atoms with Gasteiger partial charge in [-0.05, 0) is 25.3 Å². The Morgan fingerprint density at radius 2 is 1.89 bits per heavy atom. The van der Waals surface area contributed by atoms with Crippen LogP contribution in [0.2, 0.25) is 0 Å². The number of carbonyl (C=O) groups is 3. The predicted octanol–water partition coefficient (Wildman–Crippen LogP) is -0.804. The Balaban J connectivity index is 4.10. The van der Waals surface area contributed by atoms with Crippen molar-refractivity contribution in [2.75, 3.05) is 6.54 Å². The van der Waals surface area contributed by atoms with Crippen LogP contribution in [0.15, 0.2) is 0 Å². The normalized spacial score (nSPS) is 13.7. The molecule has 0 bridgehead atoms. The van der Waals surface area contributed by atoms with Crippen LogP contribution >= 0.6 is 0 Å². The van der Waals surface area contributed by atoms with E-state index in [1.165, 1.54) is 0 Å². The number of primary amides is 1. The van der Waals surface area contributed by atoms with Crippen LogP contribution in [-0.2, 0) is 14.4 Å². The molecule has 2 unspecified atom stereocenters. The fraction of sp³-hybridized carbons (Fsp3) is 0.727. The molecular weight excluding hydrogens is 238 g/mol. The van der Waals surface area contributed by atoms with Gasteiger partial charge in [-0.15, -0.1) is 0 Å². The summed E-state index contributed by atoms with van der Waals surface area (Å²) in [7, 11) is 0. The lowest BCUT2D eigenvalue weighted by Crippen LogP contribution is -2.43. The Hall–Kier alpha value is -1.63. The van der Waals surface area contributed by atoms with Gasteiger partial charge >= 0.3 is 5.97 Å². The van der Waals surface area contributed by atoms with Crippen LogP contribution in [0.1, 0.15) is 32.6 Å². The molecule has 7 heteroatoms. The van der Waals surface area contributed by atoms with Crippen molar-refractivity contribution in [3.05, 3.63) is 0 Å². The first kappa shape index (κ1) is 16.4. The van der Waals surface area contributed by atoms with E-state index >= 15 is 0 Å². The Bertz CT molecular complexity index is 307. The van der Waals surface area contributed by atoms with Crippen molar-refractivity contribution in [1.82, 2.24) is 5.32 Å². The molecule has 0 aromatic carbocycles. The second kappa shape index (κ2) is 8.46. The van der Waals surface area contributed by atoms with E-state index in [1.807, 2.05) is 6.92 Å². The number of aliphatic carboxylic acids is 1. The number of rotatable bonds is 9. The van der Waals surface area contributed by atoms with E-state index in [1.54, 1.807) is 0 Å². The Labute approximate surface area is 106 Å². The van der Waals surface area contributed by atoms with Crippen LogP contribution in [-0.4, -0.2) is 35.5 Å². The standard InChI is InChI=1S/C11H21N3O4/c1-7(4-5-12)2-3-10(16)14-8(11(17)18)6-9(13)15/h7-8H,2-6,12H2,1H3,(H2,13,15)(H,14,16)(H,17,18). The summed E-state index contributed by atoms with van der Waals surface area (Å²) < 4.78 is 0. The van der Waals surface area contributed by atoms with Crippen LogP contribution in [0.3, 0.4) is 0 Å². The number of carboxylic acid groups (broad SMARTS) is 1. The molecule has 0 aliphatic heterocycles. The lowest BCUT2D eigenvalue weighted by Gasteiger charge is -2.14. The smallest absolute Gasteiger partial charge is 0.326 e. The number of carbonyl (C=O) groups excluding carboxylic acids is 2. The van der Waals surface area contributed by atoms with E-state index in [2.05, 4.69) is 5.32 Å². The first-order chi connectivity index (χ1) is 8.36. The zero-order valence-corrected chi connectivity index (χ0v) is 10.5. The minimum atomic E-state index is -1.27. The second-order valence-electron chi connectivity index (χ2n) is 4.35. The van der Waals surface area contributed by atoms with Crippen LogP contribution in [0, 0.1) is 5.92 Å². The molecule has 0 rings (SSSR count). The van der Waals surface area contributed by atoms with E-state index in [4.69, 9.17) is 16.6 Å². The number of hydrogen-bond donors (Lipinski definition) is 4. The third kappa shape index (κ3) is 7.61. The summed E-state index contributed by atoms with van der Waals surface area (Å²) in [6.45, 7) is 2.53. The van der Waals surface area contributed by atoms with E-state index in [9.17, 15) is 14.4 Å². The molecule has 2 amide bonds. The van der Waals surface area contributed by atoms with Crippen LogP contribution in [0.5, 0.6) is 0 Å². The molecule has 2 atom stereocenters. The molecule has 18 heavy (non-hydrogen) atoms. The molecule has 0 heterocycles. The quantitative estimate of drug-likeness (QED) is 0.429. The monoisotopic (exact) mass is 259 g/mol. The largest absolute Gasteiger partial charge is 0.480 e. The fourth-order valence-electron chi connectivity index (χ4n) is 1.47. The third-order valence-corrected chi connectivity index (χ3v) is 2.56. The summed E-state index contributed by atoms with van der Waals surface area (Å²) in [6, 6.07) is -1.25. The van der Waals surface area contributed by atoms with Crippen LogP contribution in [0.4, 0.5) is 0 Å². The molecule has 0 aromatic rings. The van der Waals surface area contributed by atoms with Gasteiger partial charge in [-0.25, -0.2) is 4.79 Å². The average molecular weight is 259 g/mol. The molecule has 0 aromatic heterocycles. The van der Waals surface area contributed by atoms with Gasteiger partial charge in [0, 0.05) is 6.42 Å². The van der Waals surface area contributed by atoms with Gasteiger partial charge in [0.05, 0.1) is 6.42 Å². The molecule has 0 radical (unpaired) electrons. The van der Waals surface area contributed by atoms with E-state index in [-0.39, 0.29) is 6.42 Å². The fourth-order valence-corrected chi connectivity index (χ4v) is 1.47. The predicted molar refractivity (Wildman–Crippen MR) is 65.4 cm³/mol. The highest BCUT2D eigenvalue weighted by Gasteiger charge is 2.21. The molecule has 0 aliphatic rings. The van der Waals surface area contributed by atoms with Gasteiger partial charge in [0.25, 0.3) is 0 Å². The Kier molecular flexibility index (Phi) is 7.69. The lowest BCUT2D eigenvalue weighted by atomic mass is 10.0. The maximum atomic E-state index is 11.5. The first-order valence-electron chi connectivity index (χ1n) is 5.87. The molecule has 0 spiro atoms. The summed E-state index contributed by atoms with van der Waals surface area (Å²) in [5, 5.41) is 11.1. The highest BCUT2D eigenvalue weighted by molar-refractivity contribution is 5.88. The zero-order valence-electron chi connectivity index (χ0n) is 10.5. The van der Waals surface area contributed by atoms with Crippen molar-refractivity contribution < 1.29 is 19.5 Å². The topological polar surface area (TPSA) is 136 Å². The summed E-state index contributed by atoms with van der Waals surface area (Å²) in [5.74, 6) is -2.12. The van der Waals surface area contributed by atoms with Gasteiger partial charge in [0.2, 0.25) is 11.8 Å². The van der Waals surface area contributed by atoms with Gasteiger partial charge < -0.3 is 21.9 Å². The molecular formula is C11H21N3O4. The third-order valence-electron chi connectivity index (χ3n) is 2.56. The number of carboxylic acids is 1. The van der Waals surface area contributed by atoms with Crippen molar-refractivity contribution in [3.8, 4) is 0 Å². The summed E-state index contributed by atoms with van der Waals surface area (Å²) in [4.78, 5) is 32.9. The minimum absolute atomic E-state index is 0.212. The Morgan fingerprint density at radius 1 is 1.28 bits per heavy atom. The molecule has 0 saturated carbocycles. The lowest BCUT2D eigenvalue weighted by molar-refractivity contribution is -0.143. The van der Waals surface area contributed by atoms with E-state index < -0.39 is 30.2 Å². The van der Waals surface area contributed by atoms with Gasteiger partial charge in [0.1, 0.15) is 6.04 Å². The Morgan fingerprint density at radius 3 is 2.33 bits per heavy atom. The molecule has 0 aliphatic carbocycles. The number of hydrogen-bond acceptors (Lipinski definition) is 4. The highest BCUT2D eigenvalue weighted by Crippen LogP contribution is 2.09. The maximum Gasteiger partial charge on any atom is 0.326 e. The van der Waals surface area contributed by atoms with Crippen LogP contribution in [0.25, 0.3) is 0 Å². The van der Waals surface area contributed by atoms with Crippen LogP contribution < -0.4 is 16.8 Å². The highest BCUT2D eigenvalue weighted by atomic mass is 16.4. The second-order valence-corrected chi connectivity index (χ2v) is 4.35. The number of nitrogens with one attached hydrogen (secondary N) is 1. The molecule has 0 fully saturated rings. The van der Waals surface area contributed by atoms with Crippen molar-refractivity contribution >= 4 is 17.8 Å². The summed E-state index contributed by atoms with van der Waals surface area (Å²) in [6.07, 6.45) is 1.26. The van der Waals surface area contributed by atoms with Gasteiger partial charge in [-0.2, -0.15) is 0 Å². The van der Waals surface area contributed by atoms with E-state index in [0.29, 0.717) is 18.9 Å². The van der Waals surface area contributed by atoms with Gasteiger partial charge in [-0.1, -0.05) is 6.92 Å². The van der Waals surface area contributed by atoms with E-state index in [0.717, 1.165) is 6.42 Å². The first-order valence-corrected chi connectivity index (χ1v) is 5.87. The molecule has 0 saturated heterocycles. The van der Waals surface area contributed by atoms with Crippen molar-refractivity contribution in [3.63, 3.8) is 0 Å². The van der Waals surface area contributed by atoms with Crippen molar-refractivity contribution in [2.24, 2.45) is 17.4 Å². The van der Waals surface area contributed by atoms with Gasteiger partial charge in [-0.3, -0.25) is 9.59 Å². The average Bonchev–Trinajstić information content (AvgIpc) is 2.25. The number of amides is 2. The summed E-state index contributed by atoms with van der Waals surface area (Å²) in [5.41, 5.74) is 10.3. The van der Waals surface area contributed by atoms with Crippen molar-refractivity contribution in [1.29, 1.82) is 0 Å². The maximum absolute atomic E-state index is 11.5. The minimum Gasteiger partial charge on any atom is -0.480 e. The van der Waals surface area contributed by atoms with Gasteiger partial charge in [0.15, 0.2) is 0 Å². The SMILES string of the molecule is CC(CCN)CCC(=O)NC(CC(N)=O)C(=O)O. The zero-order chi connectivity index (χ0) is 14.1. The number of nitrogens with two attached hydrogens (primary N) is 2. The molecule has 6 N–H and O–H groups in total. The molecule has 104 valence electrons. The summed E-state index contributed by atoms with van der Waals surface area (Å²) >= 11 is 0. The van der Waals surface area contributed by atoms with Crippen molar-refractivity contribution in [2.45, 2.75) is 38.6 Å².